The molecule has 30 heavy (non-hydrogen) atoms. The zero-order chi connectivity index (χ0) is 20.5. The maximum atomic E-state index is 6.02. The number of nitrogens with zero attached hydrogens (tertiary/aromatic N) is 4. The highest BCUT2D eigenvalue weighted by atomic mass is 16.5. The molecule has 0 bridgehead atoms. The van der Waals surface area contributed by atoms with E-state index < -0.39 is 0 Å². The molecule has 5 rings (SSSR count). The molecule has 1 fully saturated rings. The maximum Gasteiger partial charge on any atom is 0.181 e. The van der Waals surface area contributed by atoms with Gasteiger partial charge in [-0.05, 0) is 63.4 Å². The van der Waals surface area contributed by atoms with E-state index in [1.807, 2.05) is 55.2 Å². The quantitative estimate of drug-likeness (QED) is 0.509. The molecule has 0 amide bonds. The van der Waals surface area contributed by atoms with Crippen molar-refractivity contribution in [3.05, 3.63) is 48.9 Å². The van der Waals surface area contributed by atoms with Crippen molar-refractivity contribution in [2.24, 2.45) is 0 Å². The summed E-state index contributed by atoms with van der Waals surface area (Å²) in [6.07, 6.45) is 8.79. The van der Waals surface area contributed by atoms with Gasteiger partial charge in [0.05, 0.1) is 17.3 Å². The fourth-order valence-corrected chi connectivity index (χ4v) is 3.88. The van der Waals surface area contributed by atoms with Crippen molar-refractivity contribution in [2.45, 2.75) is 45.4 Å². The van der Waals surface area contributed by atoms with E-state index in [-0.39, 0.29) is 12.3 Å². The predicted molar refractivity (Wildman–Crippen MR) is 115 cm³/mol. The van der Waals surface area contributed by atoms with Crippen LogP contribution in [0.15, 0.2) is 48.9 Å². The van der Waals surface area contributed by atoms with Gasteiger partial charge in [0.15, 0.2) is 12.1 Å². The Bertz CT molecular complexity index is 1140. The van der Waals surface area contributed by atoms with Gasteiger partial charge in [-0.15, -0.1) is 0 Å². The van der Waals surface area contributed by atoms with E-state index in [0.29, 0.717) is 5.82 Å². The van der Waals surface area contributed by atoms with Crippen molar-refractivity contribution in [1.29, 1.82) is 0 Å². The second-order valence-corrected chi connectivity index (χ2v) is 7.83. The van der Waals surface area contributed by atoms with Gasteiger partial charge in [-0.3, -0.25) is 0 Å². The molecule has 1 saturated heterocycles. The van der Waals surface area contributed by atoms with Crippen LogP contribution in [0, 0.1) is 0 Å². The topological polar surface area (TPSA) is 77.9 Å². The number of aromatic nitrogens is 5. The zero-order valence-corrected chi connectivity index (χ0v) is 17.2. The second-order valence-electron chi connectivity index (χ2n) is 7.83. The number of ether oxygens (including phenoxy) is 2. The number of hydrogen-bond donors (Lipinski definition) is 1. The van der Waals surface area contributed by atoms with Crippen LogP contribution >= 0.6 is 0 Å². The zero-order valence-electron chi connectivity index (χ0n) is 17.2. The lowest BCUT2D eigenvalue weighted by Crippen LogP contribution is -2.19. The average molecular weight is 403 g/mol. The number of fused-ring (bicyclic) bond motifs is 1. The molecule has 1 aliphatic rings. The second kappa shape index (κ2) is 7.91. The molecule has 1 unspecified atom stereocenters. The molecule has 1 aromatic carbocycles. The average Bonchev–Trinajstić information content (AvgIpc) is 3.42. The van der Waals surface area contributed by atoms with Gasteiger partial charge < -0.3 is 14.5 Å². The molecule has 4 aromatic rings. The van der Waals surface area contributed by atoms with Gasteiger partial charge in [-0.25, -0.2) is 14.6 Å². The molecule has 7 nitrogen and oxygen atoms in total. The van der Waals surface area contributed by atoms with E-state index in [1.54, 1.807) is 6.20 Å². The predicted octanol–water partition coefficient (Wildman–Crippen LogP) is 4.97. The van der Waals surface area contributed by atoms with Crippen LogP contribution in [-0.2, 0) is 4.74 Å². The van der Waals surface area contributed by atoms with Crippen LogP contribution in [-0.4, -0.2) is 37.4 Å². The van der Waals surface area contributed by atoms with Crippen LogP contribution in [0.5, 0.6) is 5.75 Å². The smallest absolute Gasteiger partial charge is 0.181 e. The first kappa shape index (κ1) is 18.8. The van der Waals surface area contributed by atoms with Crippen molar-refractivity contribution >= 4 is 10.9 Å². The Hall–Kier alpha value is -3.19. The molecule has 1 atom stereocenters. The van der Waals surface area contributed by atoms with Crippen LogP contribution in [0.2, 0.25) is 0 Å². The Morgan fingerprint density at radius 3 is 2.90 bits per heavy atom. The lowest BCUT2D eigenvalue weighted by molar-refractivity contribution is -0.0365. The van der Waals surface area contributed by atoms with Gasteiger partial charge in [0, 0.05) is 36.1 Å². The Labute approximate surface area is 175 Å². The SMILES string of the molecule is CC(C)Oc1ccc2c(c1)c(-c1nccc(-c3cc[nH]c3)n1)nn2C1CCCCO1. The standard InChI is InChI=1S/C23H25N5O2/c1-15(2)30-17-6-7-20-18(13-17)22(27-28(20)21-5-3-4-12-29-21)23-25-11-9-19(26-23)16-8-10-24-14-16/h6-11,13-15,21,24H,3-5,12H2,1-2H3. The third-order valence-electron chi connectivity index (χ3n) is 5.24. The van der Waals surface area contributed by atoms with E-state index in [4.69, 9.17) is 19.6 Å². The number of aromatic amines is 1. The van der Waals surface area contributed by atoms with Gasteiger partial charge in [0.25, 0.3) is 0 Å². The monoisotopic (exact) mass is 403 g/mol. The van der Waals surface area contributed by atoms with Crippen molar-refractivity contribution in [2.75, 3.05) is 6.61 Å². The number of rotatable bonds is 5. The molecule has 7 heteroatoms. The number of hydrogen-bond acceptors (Lipinski definition) is 5. The number of nitrogens with one attached hydrogen (secondary N) is 1. The molecule has 0 aliphatic carbocycles. The maximum absolute atomic E-state index is 6.02. The lowest BCUT2D eigenvalue weighted by Gasteiger charge is -2.23. The molecule has 0 radical (unpaired) electrons. The summed E-state index contributed by atoms with van der Waals surface area (Å²) < 4.78 is 13.9. The Balaban J connectivity index is 1.65. The Morgan fingerprint density at radius 2 is 2.13 bits per heavy atom. The molecule has 1 aliphatic heterocycles. The third-order valence-corrected chi connectivity index (χ3v) is 5.24. The van der Waals surface area contributed by atoms with E-state index in [2.05, 4.69) is 16.0 Å². The van der Waals surface area contributed by atoms with Gasteiger partial charge in [-0.1, -0.05) is 0 Å². The minimum absolute atomic E-state index is 0.0697. The van der Waals surface area contributed by atoms with Crippen LogP contribution in [0.1, 0.15) is 39.3 Å². The van der Waals surface area contributed by atoms with Crippen molar-refractivity contribution in [3.8, 4) is 28.5 Å². The van der Waals surface area contributed by atoms with Gasteiger partial charge in [0.1, 0.15) is 11.4 Å². The molecular formula is C23H25N5O2. The lowest BCUT2D eigenvalue weighted by atomic mass is 10.1. The highest BCUT2D eigenvalue weighted by molar-refractivity contribution is 5.93. The summed E-state index contributed by atoms with van der Waals surface area (Å²) in [6.45, 7) is 4.80. The summed E-state index contributed by atoms with van der Waals surface area (Å²) in [6, 6.07) is 9.97. The summed E-state index contributed by atoms with van der Waals surface area (Å²) in [7, 11) is 0. The first-order valence-electron chi connectivity index (χ1n) is 10.5. The highest BCUT2D eigenvalue weighted by Gasteiger charge is 2.23. The van der Waals surface area contributed by atoms with Gasteiger partial charge in [-0.2, -0.15) is 5.10 Å². The molecule has 3 aromatic heterocycles. The van der Waals surface area contributed by atoms with Gasteiger partial charge >= 0.3 is 0 Å². The summed E-state index contributed by atoms with van der Waals surface area (Å²) in [4.78, 5) is 12.4. The number of H-pyrrole nitrogens is 1. The third kappa shape index (κ3) is 3.57. The van der Waals surface area contributed by atoms with E-state index in [1.165, 1.54) is 0 Å². The largest absolute Gasteiger partial charge is 0.491 e. The molecule has 4 heterocycles. The molecule has 1 N–H and O–H groups in total. The summed E-state index contributed by atoms with van der Waals surface area (Å²) in [5, 5.41) is 5.90. The fraction of sp³-hybridized carbons (Fsp3) is 0.348. The van der Waals surface area contributed by atoms with Crippen LogP contribution in [0.3, 0.4) is 0 Å². The van der Waals surface area contributed by atoms with Crippen LogP contribution in [0.4, 0.5) is 0 Å². The molecule has 0 spiro atoms. The first-order chi connectivity index (χ1) is 14.7. The summed E-state index contributed by atoms with van der Waals surface area (Å²) >= 11 is 0. The minimum Gasteiger partial charge on any atom is -0.491 e. The van der Waals surface area contributed by atoms with E-state index in [0.717, 1.165) is 59.5 Å². The van der Waals surface area contributed by atoms with Crippen molar-refractivity contribution < 1.29 is 9.47 Å². The highest BCUT2D eigenvalue weighted by Crippen LogP contribution is 2.34. The van der Waals surface area contributed by atoms with E-state index in [9.17, 15) is 0 Å². The molecular weight excluding hydrogens is 378 g/mol. The van der Waals surface area contributed by atoms with Gasteiger partial charge in [0.2, 0.25) is 0 Å². The van der Waals surface area contributed by atoms with E-state index >= 15 is 0 Å². The van der Waals surface area contributed by atoms with Crippen LogP contribution in [0.25, 0.3) is 33.7 Å². The first-order valence-corrected chi connectivity index (χ1v) is 10.5. The number of benzene rings is 1. The van der Waals surface area contributed by atoms with Crippen molar-refractivity contribution in [1.82, 2.24) is 24.7 Å². The Kier molecular flexibility index (Phi) is 4.96. The fourth-order valence-electron chi connectivity index (χ4n) is 3.88. The summed E-state index contributed by atoms with van der Waals surface area (Å²) in [5.74, 6) is 1.40. The molecule has 154 valence electrons. The molecule has 0 saturated carbocycles. The minimum atomic E-state index is -0.0697. The summed E-state index contributed by atoms with van der Waals surface area (Å²) in [5.41, 5.74) is 3.61. The Morgan fingerprint density at radius 1 is 1.20 bits per heavy atom. The van der Waals surface area contributed by atoms with Crippen molar-refractivity contribution in [3.63, 3.8) is 0 Å². The normalized spacial score (nSPS) is 17.0. The van der Waals surface area contributed by atoms with Crippen LogP contribution < -0.4 is 4.74 Å².